The number of fused-ring (bicyclic) bond motifs is 1. The van der Waals surface area contributed by atoms with Crippen LogP contribution in [0.3, 0.4) is 0 Å². The lowest BCUT2D eigenvalue weighted by atomic mass is 10.0. The van der Waals surface area contributed by atoms with Crippen LogP contribution in [0, 0.1) is 11.8 Å². The summed E-state index contributed by atoms with van der Waals surface area (Å²) in [7, 11) is 0. The summed E-state index contributed by atoms with van der Waals surface area (Å²) in [6.07, 6.45) is 0.963. The summed E-state index contributed by atoms with van der Waals surface area (Å²) in [4.78, 5) is 0. The average Bonchev–Trinajstić information content (AvgIpc) is 2.59. The van der Waals surface area contributed by atoms with Gasteiger partial charge < -0.3 is 9.47 Å². The van der Waals surface area contributed by atoms with Crippen molar-refractivity contribution in [1.82, 2.24) is 0 Å². The summed E-state index contributed by atoms with van der Waals surface area (Å²) in [6, 6.07) is 6.24. The van der Waals surface area contributed by atoms with E-state index in [9.17, 15) is 0 Å². The molecule has 0 saturated carbocycles. The third kappa shape index (κ3) is 2.81. The van der Waals surface area contributed by atoms with Gasteiger partial charge in [-0.05, 0) is 26.3 Å². The predicted molar refractivity (Wildman–Crippen MR) is 68.0 cm³/mol. The molecular weight excluding hydrogens is 212 g/mol. The van der Waals surface area contributed by atoms with Gasteiger partial charge in [0, 0.05) is 12.0 Å². The molecule has 0 fully saturated rings. The molecule has 1 heterocycles. The molecule has 0 unspecified atom stereocenters. The van der Waals surface area contributed by atoms with E-state index in [0.717, 1.165) is 17.7 Å². The molecule has 0 aliphatic carbocycles. The summed E-state index contributed by atoms with van der Waals surface area (Å²) in [5.41, 5.74) is 2.30. The number of ether oxygens (including phenoxy) is 2. The quantitative estimate of drug-likeness (QED) is 0.587. The van der Waals surface area contributed by atoms with Crippen molar-refractivity contribution < 1.29 is 9.47 Å². The molecule has 0 spiro atoms. The van der Waals surface area contributed by atoms with Gasteiger partial charge in [-0.1, -0.05) is 24.1 Å². The zero-order valence-electron chi connectivity index (χ0n) is 10.7. The van der Waals surface area contributed by atoms with Crippen LogP contribution in [0.2, 0.25) is 0 Å². The van der Waals surface area contributed by atoms with Crippen molar-refractivity contribution in [2.45, 2.75) is 39.4 Å². The van der Waals surface area contributed by atoms with Gasteiger partial charge in [0.15, 0.2) is 0 Å². The Morgan fingerprint density at radius 1 is 1.41 bits per heavy atom. The van der Waals surface area contributed by atoms with Crippen molar-refractivity contribution in [2.24, 2.45) is 0 Å². The van der Waals surface area contributed by atoms with E-state index in [2.05, 4.69) is 43.9 Å². The number of para-hydroxylation sites is 1. The van der Waals surface area contributed by atoms with Gasteiger partial charge in [-0.25, -0.2) is 0 Å². The van der Waals surface area contributed by atoms with E-state index in [1.165, 1.54) is 5.56 Å². The Bertz CT molecular complexity index is 464. The van der Waals surface area contributed by atoms with E-state index in [1.54, 1.807) is 0 Å². The molecule has 0 atom stereocenters. The third-order valence-corrected chi connectivity index (χ3v) is 2.78. The zero-order valence-corrected chi connectivity index (χ0v) is 10.7. The molecule has 1 aliphatic heterocycles. The van der Waals surface area contributed by atoms with Crippen LogP contribution in [0.25, 0.3) is 0 Å². The molecule has 2 heteroatoms. The molecule has 17 heavy (non-hydrogen) atoms. The zero-order chi connectivity index (χ0) is 12.3. The molecule has 2 rings (SSSR count). The fourth-order valence-corrected chi connectivity index (χ4v) is 2.08. The molecule has 2 nitrogen and oxygen atoms in total. The lowest BCUT2D eigenvalue weighted by Gasteiger charge is -2.18. The van der Waals surface area contributed by atoms with Crippen LogP contribution in [0.15, 0.2) is 18.2 Å². The maximum absolute atomic E-state index is 5.97. The fraction of sp³-hybridized carbons (Fsp3) is 0.467. The van der Waals surface area contributed by atoms with E-state index >= 15 is 0 Å². The molecule has 0 bridgehead atoms. The van der Waals surface area contributed by atoms with Gasteiger partial charge in [0.05, 0.1) is 6.61 Å². The molecule has 0 saturated heterocycles. The van der Waals surface area contributed by atoms with Gasteiger partial charge >= 0.3 is 0 Å². The number of hydrogen-bond donors (Lipinski definition) is 0. The first-order valence-corrected chi connectivity index (χ1v) is 5.89. The molecule has 0 radical (unpaired) electrons. The smallest absolute Gasteiger partial charge is 0.128 e. The first-order chi connectivity index (χ1) is 8.12. The highest BCUT2D eigenvalue weighted by Gasteiger charge is 2.31. The highest BCUT2D eigenvalue weighted by Crippen LogP contribution is 2.37. The van der Waals surface area contributed by atoms with Crippen molar-refractivity contribution in [3.63, 3.8) is 0 Å². The fourth-order valence-electron chi connectivity index (χ4n) is 2.08. The van der Waals surface area contributed by atoms with Gasteiger partial charge in [0.2, 0.25) is 0 Å². The van der Waals surface area contributed by atoms with Crippen molar-refractivity contribution in [3.8, 4) is 17.6 Å². The first kappa shape index (κ1) is 12.0. The molecule has 0 N–H and O–H groups in total. The van der Waals surface area contributed by atoms with Gasteiger partial charge in [-0.2, -0.15) is 0 Å². The maximum atomic E-state index is 5.97. The molecule has 0 amide bonds. The van der Waals surface area contributed by atoms with Crippen molar-refractivity contribution >= 4 is 0 Å². The number of rotatable bonds is 3. The Kier molecular flexibility index (Phi) is 3.40. The van der Waals surface area contributed by atoms with Crippen LogP contribution in [0.1, 0.15) is 31.9 Å². The number of hydrogen-bond acceptors (Lipinski definition) is 2. The van der Waals surface area contributed by atoms with Crippen molar-refractivity contribution in [1.29, 1.82) is 0 Å². The van der Waals surface area contributed by atoms with Crippen LogP contribution in [-0.2, 0) is 17.8 Å². The second-order valence-corrected chi connectivity index (χ2v) is 4.86. The van der Waals surface area contributed by atoms with Crippen molar-refractivity contribution in [2.75, 3.05) is 6.61 Å². The lowest BCUT2D eigenvalue weighted by molar-refractivity contribution is 0.124. The Morgan fingerprint density at radius 3 is 3.00 bits per heavy atom. The second kappa shape index (κ2) is 4.81. The van der Waals surface area contributed by atoms with Gasteiger partial charge in [0.1, 0.15) is 18.0 Å². The minimum absolute atomic E-state index is 0.0956. The van der Waals surface area contributed by atoms with E-state index in [-0.39, 0.29) is 5.60 Å². The standard InChI is InChI=1S/C15H18O2/c1-4-5-9-16-11-13-8-6-7-12-10-15(2,3)17-14(12)13/h6-8H,9-11H2,1-3H3. The van der Waals surface area contributed by atoms with Crippen LogP contribution < -0.4 is 4.74 Å². The Balaban J connectivity index is 2.09. The minimum atomic E-state index is -0.0956. The predicted octanol–water partition coefficient (Wildman–Crippen LogP) is 2.94. The van der Waals surface area contributed by atoms with E-state index in [4.69, 9.17) is 9.47 Å². The van der Waals surface area contributed by atoms with E-state index in [0.29, 0.717) is 13.2 Å². The summed E-state index contributed by atoms with van der Waals surface area (Å²) in [6.45, 7) is 7.08. The minimum Gasteiger partial charge on any atom is -0.487 e. The largest absolute Gasteiger partial charge is 0.487 e. The normalized spacial score (nSPS) is 15.7. The van der Waals surface area contributed by atoms with Gasteiger partial charge in [-0.15, -0.1) is 5.92 Å². The Labute approximate surface area is 103 Å². The third-order valence-electron chi connectivity index (χ3n) is 2.78. The molecule has 1 aromatic rings. The van der Waals surface area contributed by atoms with Gasteiger partial charge in [-0.3, -0.25) is 0 Å². The highest BCUT2D eigenvalue weighted by atomic mass is 16.5. The summed E-state index contributed by atoms with van der Waals surface area (Å²) >= 11 is 0. The molecule has 1 aromatic carbocycles. The maximum Gasteiger partial charge on any atom is 0.128 e. The topological polar surface area (TPSA) is 18.5 Å². The van der Waals surface area contributed by atoms with Crippen LogP contribution in [0.4, 0.5) is 0 Å². The van der Waals surface area contributed by atoms with Crippen molar-refractivity contribution in [3.05, 3.63) is 29.3 Å². The van der Waals surface area contributed by atoms with Crippen LogP contribution >= 0.6 is 0 Å². The summed E-state index contributed by atoms with van der Waals surface area (Å²) in [5, 5.41) is 0. The lowest BCUT2D eigenvalue weighted by Crippen LogP contribution is -2.24. The molecular formula is C15H18O2. The van der Waals surface area contributed by atoms with Gasteiger partial charge in [0.25, 0.3) is 0 Å². The monoisotopic (exact) mass is 230 g/mol. The summed E-state index contributed by atoms with van der Waals surface area (Å²) < 4.78 is 11.5. The molecule has 90 valence electrons. The van der Waals surface area contributed by atoms with E-state index in [1.807, 2.05) is 6.92 Å². The highest BCUT2D eigenvalue weighted by molar-refractivity contribution is 5.45. The van der Waals surface area contributed by atoms with Crippen LogP contribution in [0.5, 0.6) is 5.75 Å². The second-order valence-electron chi connectivity index (χ2n) is 4.86. The number of benzene rings is 1. The SMILES string of the molecule is CC#CCOCc1cccc2c1OC(C)(C)C2. The average molecular weight is 230 g/mol. The Hall–Kier alpha value is -1.46. The first-order valence-electron chi connectivity index (χ1n) is 5.89. The van der Waals surface area contributed by atoms with E-state index < -0.39 is 0 Å². The Morgan fingerprint density at radius 2 is 2.24 bits per heavy atom. The van der Waals surface area contributed by atoms with Crippen LogP contribution in [-0.4, -0.2) is 12.2 Å². The summed E-state index contributed by atoms with van der Waals surface area (Å²) in [5.74, 6) is 6.70. The molecule has 0 aromatic heterocycles. The molecule has 1 aliphatic rings.